The third-order valence-corrected chi connectivity index (χ3v) is 3.63. The molecule has 3 nitrogen and oxygen atoms in total. The number of aliphatic hydroxyl groups is 1. The summed E-state index contributed by atoms with van der Waals surface area (Å²) in [4.78, 5) is 4.66. The van der Waals surface area contributed by atoms with Crippen LogP contribution in [0.4, 0.5) is 0 Å². The zero-order chi connectivity index (χ0) is 15.0. The number of benzene rings is 1. The summed E-state index contributed by atoms with van der Waals surface area (Å²) < 4.78 is 0. The van der Waals surface area contributed by atoms with Gasteiger partial charge in [-0.2, -0.15) is 0 Å². The predicted octanol–water partition coefficient (Wildman–Crippen LogP) is 2.63. The third kappa shape index (κ3) is 6.04. The highest BCUT2D eigenvalue weighted by Gasteiger charge is 2.19. The second-order valence-corrected chi connectivity index (χ2v) is 5.94. The lowest BCUT2D eigenvalue weighted by molar-refractivity contribution is 0.0858. The SMILES string of the molecule is CCCN(CCN(C)C)CC(C)C(O)c1ccccc1. The van der Waals surface area contributed by atoms with E-state index in [2.05, 4.69) is 37.7 Å². The summed E-state index contributed by atoms with van der Waals surface area (Å²) in [7, 11) is 4.21. The van der Waals surface area contributed by atoms with Crippen molar-refractivity contribution in [3.63, 3.8) is 0 Å². The molecular formula is C17H30N2O. The Bertz CT molecular complexity index is 353. The van der Waals surface area contributed by atoms with Gasteiger partial charge >= 0.3 is 0 Å². The lowest BCUT2D eigenvalue weighted by atomic mass is 9.97. The Morgan fingerprint density at radius 3 is 2.25 bits per heavy atom. The fourth-order valence-electron chi connectivity index (χ4n) is 2.44. The second kappa shape index (κ2) is 9.11. The Kier molecular flexibility index (Phi) is 7.82. The van der Waals surface area contributed by atoms with Crippen LogP contribution in [-0.2, 0) is 0 Å². The number of aliphatic hydroxyl groups excluding tert-OH is 1. The highest BCUT2D eigenvalue weighted by molar-refractivity contribution is 5.17. The number of nitrogens with zero attached hydrogens (tertiary/aromatic N) is 2. The molecule has 0 saturated heterocycles. The largest absolute Gasteiger partial charge is 0.388 e. The van der Waals surface area contributed by atoms with Crippen LogP contribution in [0, 0.1) is 5.92 Å². The Morgan fingerprint density at radius 2 is 1.70 bits per heavy atom. The van der Waals surface area contributed by atoms with Gasteiger partial charge in [-0.3, -0.25) is 0 Å². The number of likely N-dealkylation sites (N-methyl/N-ethyl adjacent to an activating group) is 1. The van der Waals surface area contributed by atoms with Gasteiger partial charge in [0.05, 0.1) is 6.10 Å². The number of rotatable bonds is 9. The molecule has 0 amide bonds. The minimum atomic E-state index is -0.380. The number of hydrogen-bond donors (Lipinski definition) is 1. The van der Waals surface area contributed by atoms with E-state index in [4.69, 9.17) is 0 Å². The fraction of sp³-hybridized carbons (Fsp3) is 0.647. The van der Waals surface area contributed by atoms with E-state index in [9.17, 15) is 5.11 Å². The molecule has 0 spiro atoms. The van der Waals surface area contributed by atoms with Crippen LogP contribution in [0.2, 0.25) is 0 Å². The molecule has 2 atom stereocenters. The summed E-state index contributed by atoms with van der Waals surface area (Å²) in [6, 6.07) is 9.97. The summed E-state index contributed by atoms with van der Waals surface area (Å²) in [5.74, 6) is 0.242. The quantitative estimate of drug-likeness (QED) is 0.752. The molecule has 0 radical (unpaired) electrons. The van der Waals surface area contributed by atoms with Crippen molar-refractivity contribution in [2.24, 2.45) is 5.92 Å². The highest BCUT2D eigenvalue weighted by Crippen LogP contribution is 2.22. The topological polar surface area (TPSA) is 26.7 Å². The average molecular weight is 278 g/mol. The van der Waals surface area contributed by atoms with Gasteiger partial charge in [0, 0.05) is 19.6 Å². The molecule has 0 bridgehead atoms. The van der Waals surface area contributed by atoms with Gasteiger partial charge in [0.2, 0.25) is 0 Å². The average Bonchev–Trinajstić information content (AvgIpc) is 2.45. The monoisotopic (exact) mass is 278 g/mol. The van der Waals surface area contributed by atoms with E-state index in [0.717, 1.165) is 38.2 Å². The second-order valence-electron chi connectivity index (χ2n) is 5.94. The Labute approximate surface area is 124 Å². The molecule has 0 aliphatic heterocycles. The van der Waals surface area contributed by atoms with Crippen LogP contribution in [0.25, 0.3) is 0 Å². The van der Waals surface area contributed by atoms with Gasteiger partial charge in [0.25, 0.3) is 0 Å². The zero-order valence-electron chi connectivity index (χ0n) is 13.4. The van der Waals surface area contributed by atoms with Gasteiger partial charge in [-0.25, -0.2) is 0 Å². The maximum Gasteiger partial charge on any atom is 0.0827 e. The molecular weight excluding hydrogens is 248 g/mol. The van der Waals surface area contributed by atoms with Crippen molar-refractivity contribution in [2.45, 2.75) is 26.4 Å². The van der Waals surface area contributed by atoms with E-state index in [1.807, 2.05) is 30.3 Å². The minimum absolute atomic E-state index is 0.242. The van der Waals surface area contributed by atoms with Crippen molar-refractivity contribution in [2.75, 3.05) is 40.3 Å². The molecule has 0 fully saturated rings. The maximum absolute atomic E-state index is 10.4. The summed E-state index contributed by atoms with van der Waals surface area (Å²) in [6.45, 7) is 8.51. The van der Waals surface area contributed by atoms with E-state index in [1.165, 1.54) is 0 Å². The van der Waals surface area contributed by atoms with Crippen molar-refractivity contribution in [1.29, 1.82) is 0 Å². The van der Waals surface area contributed by atoms with Crippen molar-refractivity contribution in [3.05, 3.63) is 35.9 Å². The van der Waals surface area contributed by atoms with E-state index in [0.29, 0.717) is 0 Å². The van der Waals surface area contributed by atoms with Crippen LogP contribution in [0.15, 0.2) is 30.3 Å². The molecule has 20 heavy (non-hydrogen) atoms. The molecule has 3 heteroatoms. The van der Waals surface area contributed by atoms with Crippen LogP contribution < -0.4 is 0 Å². The van der Waals surface area contributed by atoms with Gasteiger partial charge in [-0.15, -0.1) is 0 Å². The molecule has 1 aromatic rings. The standard InChI is InChI=1S/C17H30N2O/c1-5-11-19(13-12-18(3)4)14-15(2)17(20)16-9-7-6-8-10-16/h6-10,15,17,20H,5,11-14H2,1-4H3. The van der Waals surface area contributed by atoms with Gasteiger partial charge in [0.1, 0.15) is 0 Å². The van der Waals surface area contributed by atoms with Gasteiger partial charge in [-0.05, 0) is 38.5 Å². The van der Waals surface area contributed by atoms with Crippen LogP contribution in [-0.4, -0.2) is 55.2 Å². The van der Waals surface area contributed by atoms with E-state index < -0.39 is 0 Å². The fourth-order valence-corrected chi connectivity index (χ4v) is 2.44. The van der Waals surface area contributed by atoms with Crippen LogP contribution >= 0.6 is 0 Å². The Hall–Kier alpha value is -0.900. The van der Waals surface area contributed by atoms with Gasteiger partial charge in [-0.1, -0.05) is 44.2 Å². The first-order valence-corrected chi connectivity index (χ1v) is 7.64. The first-order chi connectivity index (χ1) is 9.54. The summed E-state index contributed by atoms with van der Waals surface area (Å²) in [5.41, 5.74) is 1.02. The van der Waals surface area contributed by atoms with Crippen molar-refractivity contribution in [3.8, 4) is 0 Å². The normalized spacial score (nSPS) is 14.8. The lowest BCUT2D eigenvalue weighted by Crippen LogP contribution is -2.36. The van der Waals surface area contributed by atoms with Crippen LogP contribution in [0.3, 0.4) is 0 Å². The number of hydrogen-bond acceptors (Lipinski definition) is 3. The molecule has 1 aromatic carbocycles. The molecule has 2 unspecified atom stereocenters. The zero-order valence-corrected chi connectivity index (χ0v) is 13.4. The minimum Gasteiger partial charge on any atom is -0.388 e. The third-order valence-electron chi connectivity index (χ3n) is 3.63. The summed E-state index contributed by atoms with van der Waals surface area (Å²) >= 11 is 0. The van der Waals surface area contributed by atoms with E-state index in [-0.39, 0.29) is 12.0 Å². The molecule has 0 aromatic heterocycles. The van der Waals surface area contributed by atoms with Crippen LogP contribution in [0.1, 0.15) is 31.9 Å². The highest BCUT2D eigenvalue weighted by atomic mass is 16.3. The summed E-state index contributed by atoms with van der Waals surface area (Å²) in [5, 5.41) is 10.4. The Morgan fingerprint density at radius 1 is 1.05 bits per heavy atom. The van der Waals surface area contributed by atoms with Crippen molar-refractivity contribution in [1.82, 2.24) is 9.80 Å². The lowest BCUT2D eigenvalue weighted by Gasteiger charge is -2.29. The van der Waals surface area contributed by atoms with Crippen molar-refractivity contribution < 1.29 is 5.11 Å². The van der Waals surface area contributed by atoms with E-state index in [1.54, 1.807) is 0 Å². The predicted molar refractivity (Wildman–Crippen MR) is 85.9 cm³/mol. The smallest absolute Gasteiger partial charge is 0.0827 e. The Balaban J connectivity index is 2.53. The van der Waals surface area contributed by atoms with Crippen LogP contribution in [0.5, 0.6) is 0 Å². The first-order valence-electron chi connectivity index (χ1n) is 7.64. The van der Waals surface area contributed by atoms with Crippen molar-refractivity contribution >= 4 is 0 Å². The molecule has 114 valence electrons. The summed E-state index contributed by atoms with van der Waals surface area (Å²) in [6.07, 6.45) is 0.775. The molecule has 1 rings (SSSR count). The van der Waals surface area contributed by atoms with Gasteiger partial charge in [0.15, 0.2) is 0 Å². The van der Waals surface area contributed by atoms with Gasteiger partial charge < -0.3 is 14.9 Å². The molecule has 0 aliphatic carbocycles. The molecule has 0 aliphatic rings. The molecule has 0 heterocycles. The van der Waals surface area contributed by atoms with E-state index >= 15 is 0 Å². The molecule has 1 N–H and O–H groups in total. The molecule has 0 saturated carbocycles. The first kappa shape index (κ1) is 17.2. The maximum atomic E-state index is 10.4.